The molecule has 0 amide bonds. The standard InChI is InChI=1S/C15H14FNO2S/c16-12-2-1-3-13(17)11(12)9-20-10-4-5-14-15(8-10)19-7-6-18-14/h1-5,8H,6-7,9,17H2. The molecule has 104 valence electrons. The summed E-state index contributed by atoms with van der Waals surface area (Å²) in [5.41, 5.74) is 6.81. The van der Waals surface area contributed by atoms with Gasteiger partial charge in [-0.25, -0.2) is 4.39 Å². The van der Waals surface area contributed by atoms with Crippen LogP contribution < -0.4 is 15.2 Å². The van der Waals surface area contributed by atoms with Crippen molar-refractivity contribution in [3.05, 3.63) is 47.8 Å². The Balaban J connectivity index is 1.75. The lowest BCUT2D eigenvalue weighted by atomic mass is 10.2. The normalized spacial score (nSPS) is 13.2. The van der Waals surface area contributed by atoms with Crippen molar-refractivity contribution in [1.82, 2.24) is 0 Å². The molecule has 2 aromatic carbocycles. The first kappa shape index (κ1) is 13.1. The summed E-state index contributed by atoms with van der Waals surface area (Å²) < 4.78 is 24.7. The van der Waals surface area contributed by atoms with Crippen molar-refractivity contribution >= 4 is 17.4 Å². The second-order valence-corrected chi connectivity index (χ2v) is 5.45. The molecule has 0 aliphatic carbocycles. The number of nitrogens with two attached hydrogens (primary N) is 1. The molecule has 1 heterocycles. The van der Waals surface area contributed by atoms with Crippen LogP contribution in [0.15, 0.2) is 41.3 Å². The lowest BCUT2D eigenvalue weighted by Crippen LogP contribution is -2.15. The molecule has 0 fully saturated rings. The first-order chi connectivity index (χ1) is 9.74. The lowest BCUT2D eigenvalue weighted by molar-refractivity contribution is 0.171. The zero-order valence-corrected chi connectivity index (χ0v) is 11.6. The fraction of sp³-hybridized carbons (Fsp3) is 0.200. The summed E-state index contributed by atoms with van der Waals surface area (Å²) >= 11 is 1.52. The Morgan fingerprint density at radius 2 is 1.90 bits per heavy atom. The first-order valence-corrected chi connectivity index (χ1v) is 7.28. The maximum absolute atomic E-state index is 13.7. The molecule has 1 aliphatic heterocycles. The molecule has 0 saturated heterocycles. The number of rotatable bonds is 3. The maximum Gasteiger partial charge on any atom is 0.162 e. The molecule has 3 nitrogen and oxygen atoms in total. The summed E-state index contributed by atoms with van der Waals surface area (Å²) in [6, 6.07) is 10.5. The van der Waals surface area contributed by atoms with E-state index in [2.05, 4.69) is 0 Å². The molecule has 5 heteroatoms. The van der Waals surface area contributed by atoms with Gasteiger partial charge in [0.15, 0.2) is 11.5 Å². The molecule has 0 radical (unpaired) electrons. The predicted molar refractivity (Wildman–Crippen MR) is 77.8 cm³/mol. The van der Waals surface area contributed by atoms with Gasteiger partial charge in [0.1, 0.15) is 19.0 Å². The number of thioether (sulfide) groups is 1. The highest BCUT2D eigenvalue weighted by Gasteiger charge is 2.13. The van der Waals surface area contributed by atoms with Crippen molar-refractivity contribution in [3.63, 3.8) is 0 Å². The van der Waals surface area contributed by atoms with Gasteiger partial charge < -0.3 is 15.2 Å². The topological polar surface area (TPSA) is 44.5 Å². The molecule has 0 atom stereocenters. The smallest absolute Gasteiger partial charge is 0.162 e. The summed E-state index contributed by atoms with van der Waals surface area (Å²) in [5.74, 6) is 1.71. The van der Waals surface area contributed by atoms with Crippen molar-refractivity contribution < 1.29 is 13.9 Å². The van der Waals surface area contributed by atoms with E-state index in [0.717, 1.165) is 16.4 Å². The number of hydrogen-bond donors (Lipinski definition) is 1. The number of halogens is 1. The molecule has 0 spiro atoms. The second-order valence-electron chi connectivity index (χ2n) is 4.40. The van der Waals surface area contributed by atoms with Gasteiger partial charge in [-0.3, -0.25) is 0 Å². The van der Waals surface area contributed by atoms with Crippen LogP contribution in [0.2, 0.25) is 0 Å². The van der Waals surface area contributed by atoms with Gasteiger partial charge in [-0.1, -0.05) is 6.07 Å². The van der Waals surface area contributed by atoms with Crippen molar-refractivity contribution in [1.29, 1.82) is 0 Å². The van der Waals surface area contributed by atoms with Crippen LogP contribution in [0.4, 0.5) is 10.1 Å². The van der Waals surface area contributed by atoms with Crippen LogP contribution in [0, 0.1) is 5.82 Å². The molecule has 0 bridgehead atoms. The SMILES string of the molecule is Nc1cccc(F)c1CSc1ccc2c(c1)OCCO2. The Morgan fingerprint density at radius 1 is 1.10 bits per heavy atom. The average Bonchev–Trinajstić information content (AvgIpc) is 2.46. The van der Waals surface area contributed by atoms with Crippen LogP contribution in [-0.2, 0) is 5.75 Å². The molecule has 0 unspecified atom stereocenters. The van der Waals surface area contributed by atoms with Crippen molar-refractivity contribution in [2.75, 3.05) is 18.9 Å². The van der Waals surface area contributed by atoms with E-state index in [-0.39, 0.29) is 5.82 Å². The van der Waals surface area contributed by atoms with Crippen LogP contribution in [0.25, 0.3) is 0 Å². The largest absolute Gasteiger partial charge is 0.486 e. The summed E-state index contributed by atoms with van der Waals surface area (Å²) in [4.78, 5) is 0.997. The monoisotopic (exact) mass is 291 g/mol. The van der Waals surface area contributed by atoms with Crippen LogP contribution in [0.1, 0.15) is 5.56 Å². The van der Waals surface area contributed by atoms with Crippen molar-refractivity contribution in [2.45, 2.75) is 10.6 Å². The van der Waals surface area contributed by atoms with E-state index in [1.165, 1.54) is 17.8 Å². The second kappa shape index (κ2) is 5.63. The third-order valence-electron chi connectivity index (χ3n) is 3.05. The van der Waals surface area contributed by atoms with Crippen LogP contribution in [0.3, 0.4) is 0 Å². The zero-order valence-electron chi connectivity index (χ0n) is 10.8. The number of hydrogen-bond acceptors (Lipinski definition) is 4. The third-order valence-corrected chi connectivity index (χ3v) is 4.07. The van der Waals surface area contributed by atoms with E-state index in [1.807, 2.05) is 18.2 Å². The summed E-state index contributed by atoms with van der Waals surface area (Å²) in [6.45, 7) is 1.13. The Morgan fingerprint density at radius 3 is 2.70 bits per heavy atom. The zero-order chi connectivity index (χ0) is 13.9. The molecule has 0 aromatic heterocycles. The van der Waals surface area contributed by atoms with E-state index in [1.54, 1.807) is 12.1 Å². The van der Waals surface area contributed by atoms with Gasteiger partial charge in [0.2, 0.25) is 0 Å². The number of fused-ring (bicyclic) bond motifs is 1. The van der Waals surface area contributed by atoms with Crippen LogP contribution in [-0.4, -0.2) is 13.2 Å². The Labute approximate surface area is 120 Å². The quantitative estimate of drug-likeness (QED) is 0.694. The number of nitrogen functional groups attached to an aromatic ring is 1. The lowest BCUT2D eigenvalue weighted by Gasteiger charge is -2.18. The minimum atomic E-state index is -0.268. The highest BCUT2D eigenvalue weighted by atomic mass is 32.2. The molecule has 20 heavy (non-hydrogen) atoms. The average molecular weight is 291 g/mol. The van der Waals surface area contributed by atoms with Gasteiger partial charge in [0.25, 0.3) is 0 Å². The maximum atomic E-state index is 13.7. The van der Waals surface area contributed by atoms with E-state index < -0.39 is 0 Å². The van der Waals surface area contributed by atoms with E-state index in [9.17, 15) is 4.39 Å². The minimum Gasteiger partial charge on any atom is -0.486 e. The van der Waals surface area contributed by atoms with Crippen LogP contribution >= 0.6 is 11.8 Å². The Kier molecular flexibility index (Phi) is 3.69. The number of benzene rings is 2. The summed E-state index contributed by atoms with van der Waals surface area (Å²) in [7, 11) is 0. The van der Waals surface area contributed by atoms with Gasteiger partial charge >= 0.3 is 0 Å². The molecule has 1 aliphatic rings. The van der Waals surface area contributed by atoms with Gasteiger partial charge in [-0.15, -0.1) is 11.8 Å². The fourth-order valence-electron chi connectivity index (χ4n) is 2.00. The van der Waals surface area contributed by atoms with Crippen molar-refractivity contribution in [2.24, 2.45) is 0 Å². The van der Waals surface area contributed by atoms with Crippen LogP contribution in [0.5, 0.6) is 11.5 Å². The summed E-state index contributed by atoms with van der Waals surface area (Å²) in [5, 5.41) is 0. The number of ether oxygens (including phenoxy) is 2. The molecule has 2 N–H and O–H groups in total. The van der Waals surface area contributed by atoms with E-state index in [4.69, 9.17) is 15.2 Å². The first-order valence-electron chi connectivity index (χ1n) is 6.29. The van der Waals surface area contributed by atoms with Gasteiger partial charge in [-0.2, -0.15) is 0 Å². The van der Waals surface area contributed by atoms with Crippen molar-refractivity contribution in [3.8, 4) is 11.5 Å². The fourth-order valence-corrected chi connectivity index (χ4v) is 2.97. The predicted octanol–water partition coefficient (Wildman–Crippen LogP) is 3.47. The highest BCUT2D eigenvalue weighted by Crippen LogP contribution is 2.35. The van der Waals surface area contributed by atoms with E-state index >= 15 is 0 Å². The van der Waals surface area contributed by atoms with Gasteiger partial charge in [0.05, 0.1) is 0 Å². The molecule has 0 saturated carbocycles. The summed E-state index contributed by atoms with van der Waals surface area (Å²) in [6.07, 6.45) is 0. The molecular weight excluding hydrogens is 277 g/mol. The molecular formula is C15H14FNO2S. The third kappa shape index (κ3) is 2.67. The van der Waals surface area contributed by atoms with Gasteiger partial charge in [-0.05, 0) is 30.3 Å². The number of anilines is 1. The Bertz CT molecular complexity index is 613. The molecule has 3 rings (SSSR count). The molecule has 2 aromatic rings. The Hall–Kier alpha value is -1.88. The van der Waals surface area contributed by atoms with Gasteiger partial charge in [0, 0.05) is 21.9 Å². The highest BCUT2D eigenvalue weighted by molar-refractivity contribution is 7.98. The van der Waals surface area contributed by atoms with E-state index in [0.29, 0.717) is 30.2 Å². The minimum absolute atomic E-state index is 0.268.